The molecule has 0 saturated carbocycles. The second kappa shape index (κ2) is 7.63. The zero-order valence-corrected chi connectivity index (χ0v) is 13.1. The van der Waals surface area contributed by atoms with Gasteiger partial charge in [0.1, 0.15) is 11.6 Å². The van der Waals surface area contributed by atoms with E-state index in [-0.39, 0.29) is 23.6 Å². The van der Waals surface area contributed by atoms with E-state index in [1.807, 2.05) is 0 Å². The van der Waals surface area contributed by atoms with Crippen LogP contribution in [0.3, 0.4) is 0 Å². The number of unbranched alkanes of at least 4 members (excludes halogenated alkanes) is 1. The standard InChI is InChI=1S/C16H17F2NO3S/c17-13-5-8-15(16(18)11-13)12-3-6-14(7-4-12)23(21,22)19-9-1-2-10-20/h3-8,11,19-20H,1-2,9-10H2. The van der Waals surface area contributed by atoms with Gasteiger partial charge in [-0.25, -0.2) is 21.9 Å². The summed E-state index contributed by atoms with van der Waals surface area (Å²) < 4.78 is 53.2. The third-order valence-electron chi connectivity index (χ3n) is 3.28. The van der Waals surface area contributed by atoms with Crippen molar-refractivity contribution in [1.29, 1.82) is 0 Å². The topological polar surface area (TPSA) is 66.4 Å². The summed E-state index contributed by atoms with van der Waals surface area (Å²) in [4.78, 5) is 0.0627. The van der Waals surface area contributed by atoms with Crippen LogP contribution in [0.5, 0.6) is 0 Å². The van der Waals surface area contributed by atoms with E-state index < -0.39 is 21.7 Å². The first kappa shape index (κ1) is 17.5. The van der Waals surface area contributed by atoms with Crippen molar-refractivity contribution < 1.29 is 22.3 Å². The molecule has 2 aromatic carbocycles. The number of aliphatic hydroxyl groups is 1. The third kappa shape index (κ3) is 4.57. The van der Waals surface area contributed by atoms with Crippen LogP contribution < -0.4 is 4.72 Å². The Morgan fingerprint density at radius 1 is 1.00 bits per heavy atom. The summed E-state index contributed by atoms with van der Waals surface area (Å²) in [6, 6.07) is 8.91. The predicted octanol–water partition coefficient (Wildman–Crippen LogP) is 2.68. The molecule has 124 valence electrons. The Bertz CT molecular complexity index is 761. The molecule has 2 rings (SSSR count). The molecule has 0 aliphatic heterocycles. The number of rotatable bonds is 7. The van der Waals surface area contributed by atoms with Gasteiger partial charge in [0.05, 0.1) is 4.90 Å². The van der Waals surface area contributed by atoms with E-state index in [1.54, 1.807) is 0 Å². The molecule has 4 nitrogen and oxygen atoms in total. The zero-order valence-electron chi connectivity index (χ0n) is 12.3. The molecule has 0 aliphatic rings. The molecule has 0 heterocycles. The molecular formula is C16H17F2NO3S. The fourth-order valence-corrected chi connectivity index (χ4v) is 3.14. The number of halogens is 2. The van der Waals surface area contributed by atoms with Gasteiger partial charge in [-0.15, -0.1) is 0 Å². The first-order valence-electron chi connectivity index (χ1n) is 7.10. The average Bonchev–Trinajstić information content (AvgIpc) is 2.52. The molecule has 0 spiro atoms. The molecule has 0 aromatic heterocycles. The number of hydrogen-bond acceptors (Lipinski definition) is 3. The maximum Gasteiger partial charge on any atom is 0.240 e. The minimum atomic E-state index is -3.64. The Morgan fingerprint density at radius 2 is 1.70 bits per heavy atom. The van der Waals surface area contributed by atoms with Gasteiger partial charge in [-0.2, -0.15) is 0 Å². The molecular weight excluding hydrogens is 324 g/mol. The van der Waals surface area contributed by atoms with Crippen molar-refractivity contribution in [3.05, 3.63) is 54.1 Å². The van der Waals surface area contributed by atoms with Crippen LogP contribution in [-0.4, -0.2) is 26.7 Å². The Labute approximate surface area is 133 Å². The van der Waals surface area contributed by atoms with Gasteiger partial charge in [-0.3, -0.25) is 0 Å². The van der Waals surface area contributed by atoms with Crippen molar-refractivity contribution >= 4 is 10.0 Å². The van der Waals surface area contributed by atoms with Gasteiger partial charge in [0.25, 0.3) is 0 Å². The summed E-state index contributed by atoms with van der Waals surface area (Å²) in [5.41, 5.74) is 0.660. The number of aliphatic hydroxyl groups excluding tert-OH is 1. The highest BCUT2D eigenvalue weighted by Gasteiger charge is 2.14. The molecule has 2 N–H and O–H groups in total. The van der Waals surface area contributed by atoms with Crippen molar-refractivity contribution in [2.75, 3.05) is 13.2 Å². The van der Waals surface area contributed by atoms with E-state index in [0.717, 1.165) is 12.1 Å². The first-order chi connectivity index (χ1) is 10.9. The van der Waals surface area contributed by atoms with Crippen molar-refractivity contribution in [2.24, 2.45) is 0 Å². The van der Waals surface area contributed by atoms with E-state index in [2.05, 4.69) is 4.72 Å². The van der Waals surface area contributed by atoms with Crippen LogP contribution in [0.2, 0.25) is 0 Å². The van der Waals surface area contributed by atoms with E-state index >= 15 is 0 Å². The molecule has 0 saturated heterocycles. The molecule has 0 atom stereocenters. The summed E-state index contributed by atoms with van der Waals surface area (Å²) in [5, 5.41) is 8.66. The summed E-state index contributed by atoms with van der Waals surface area (Å²) >= 11 is 0. The Balaban J connectivity index is 2.15. The monoisotopic (exact) mass is 341 g/mol. The molecule has 0 radical (unpaired) electrons. The van der Waals surface area contributed by atoms with Crippen molar-refractivity contribution in [3.63, 3.8) is 0 Å². The minimum absolute atomic E-state index is 0.0136. The molecule has 23 heavy (non-hydrogen) atoms. The van der Waals surface area contributed by atoms with Gasteiger partial charge in [0.15, 0.2) is 0 Å². The molecule has 7 heteroatoms. The lowest BCUT2D eigenvalue weighted by atomic mass is 10.1. The van der Waals surface area contributed by atoms with Crippen LogP contribution >= 0.6 is 0 Å². The summed E-state index contributed by atoms with van der Waals surface area (Å²) in [5.74, 6) is -1.37. The highest BCUT2D eigenvalue weighted by atomic mass is 32.2. The van der Waals surface area contributed by atoms with Gasteiger partial charge in [0.2, 0.25) is 10.0 Å². The van der Waals surface area contributed by atoms with Crippen molar-refractivity contribution in [3.8, 4) is 11.1 Å². The second-order valence-corrected chi connectivity index (χ2v) is 6.74. The van der Waals surface area contributed by atoms with Gasteiger partial charge in [0, 0.05) is 24.8 Å². The normalized spacial score (nSPS) is 11.6. The van der Waals surface area contributed by atoms with Gasteiger partial charge in [-0.1, -0.05) is 12.1 Å². The van der Waals surface area contributed by atoms with E-state index in [9.17, 15) is 17.2 Å². The minimum Gasteiger partial charge on any atom is -0.396 e. The number of hydrogen-bond donors (Lipinski definition) is 2. The lowest BCUT2D eigenvalue weighted by Crippen LogP contribution is -2.24. The Kier molecular flexibility index (Phi) is 5.81. The van der Waals surface area contributed by atoms with Crippen molar-refractivity contribution in [2.45, 2.75) is 17.7 Å². The summed E-state index contributed by atoms with van der Waals surface area (Å²) in [6.45, 7) is 0.247. The van der Waals surface area contributed by atoms with Crippen LogP contribution in [0.1, 0.15) is 12.8 Å². The molecule has 0 bridgehead atoms. The van der Waals surface area contributed by atoms with Crippen LogP contribution in [0.25, 0.3) is 11.1 Å². The highest BCUT2D eigenvalue weighted by molar-refractivity contribution is 7.89. The maximum absolute atomic E-state index is 13.7. The van der Waals surface area contributed by atoms with Gasteiger partial charge in [-0.05, 0) is 42.7 Å². The number of nitrogens with one attached hydrogen (secondary N) is 1. The quantitative estimate of drug-likeness (QED) is 0.761. The summed E-state index contributed by atoms with van der Waals surface area (Å²) in [7, 11) is -3.64. The van der Waals surface area contributed by atoms with Gasteiger partial charge >= 0.3 is 0 Å². The molecule has 0 aliphatic carbocycles. The second-order valence-electron chi connectivity index (χ2n) is 4.98. The van der Waals surface area contributed by atoms with Gasteiger partial charge < -0.3 is 5.11 Å². The lowest BCUT2D eigenvalue weighted by Gasteiger charge is -2.08. The third-order valence-corrected chi connectivity index (χ3v) is 4.76. The van der Waals surface area contributed by atoms with Crippen molar-refractivity contribution in [1.82, 2.24) is 4.72 Å². The highest BCUT2D eigenvalue weighted by Crippen LogP contribution is 2.24. The maximum atomic E-state index is 13.7. The SMILES string of the molecule is O=S(=O)(NCCCCO)c1ccc(-c2ccc(F)cc2F)cc1. The fraction of sp³-hybridized carbons (Fsp3) is 0.250. The van der Waals surface area contributed by atoms with E-state index in [1.165, 1.54) is 30.3 Å². The van der Waals surface area contributed by atoms with Crippen LogP contribution in [-0.2, 0) is 10.0 Å². The fourth-order valence-electron chi connectivity index (χ4n) is 2.06. The molecule has 0 amide bonds. The molecule has 0 unspecified atom stereocenters. The average molecular weight is 341 g/mol. The van der Waals surface area contributed by atoms with Crippen LogP contribution in [0.4, 0.5) is 8.78 Å². The van der Waals surface area contributed by atoms with Crippen LogP contribution in [0, 0.1) is 11.6 Å². The van der Waals surface area contributed by atoms with E-state index in [4.69, 9.17) is 5.11 Å². The lowest BCUT2D eigenvalue weighted by molar-refractivity contribution is 0.285. The smallest absolute Gasteiger partial charge is 0.240 e. The summed E-state index contributed by atoms with van der Waals surface area (Å²) in [6.07, 6.45) is 1.06. The predicted molar refractivity (Wildman–Crippen MR) is 83.3 cm³/mol. The van der Waals surface area contributed by atoms with Crippen LogP contribution in [0.15, 0.2) is 47.4 Å². The Morgan fingerprint density at radius 3 is 2.30 bits per heavy atom. The Hall–Kier alpha value is -1.83. The first-order valence-corrected chi connectivity index (χ1v) is 8.58. The zero-order chi connectivity index (χ0) is 16.9. The van der Waals surface area contributed by atoms with E-state index in [0.29, 0.717) is 18.4 Å². The molecule has 2 aromatic rings. The number of benzene rings is 2. The number of sulfonamides is 1. The largest absolute Gasteiger partial charge is 0.396 e. The molecule has 0 fully saturated rings.